The summed E-state index contributed by atoms with van der Waals surface area (Å²) in [5.74, 6) is 0.146. The second-order valence-corrected chi connectivity index (χ2v) is 9.96. The molecule has 6 nitrogen and oxygen atoms in total. The first-order valence-electron chi connectivity index (χ1n) is 12.1. The third-order valence-electron chi connectivity index (χ3n) is 6.93. The zero-order valence-corrected chi connectivity index (χ0v) is 20.4. The van der Waals surface area contributed by atoms with Crippen LogP contribution in [0.4, 0.5) is 18.9 Å². The van der Waals surface area contributed by atoms with Crippen molar-refractivity contribution in [1.82, 2.24) is 15.2 Å². The van der Waals surface area contributed by atoms with Gasteiger partial charge in [-0.2, -0.15) is 13.2 Å². The Balaban J connectivity index is 1.51. The largest absolute Gasteiger partial charge is 0.497 e. The lowest BCUT2D eigenvalue weighted by Crippen LogP contribution is -2.52. The van der Waals surface area contributed by atoms with Gasteiger partial charge in [0.15, 0.2) is 0 Å². The minimum absolute atomic E-state index is 0.0177. The van der Waals surface area contributed by atoms with Crippen molar-refractivity contribution >= 4 is 17.8 Å². The van der Waals surface area contributed by atoms with Gasteiger partial charge in [0.1, 0.15) is 18.0 Å². The van der Waals surface area contributed by atoms with E-state index < -0.39 is 30.2 Å². The van der Waals surface area contributed by atoms with Crippen LogP contribution in [0.25, 0.3) is 0 Å². The number of aryl methyl sites for hydroxylation is 1. The van der Waals surface area contributed by atoms with Crippen LogP contribution in [0.2, 0.25) is 0 Å². The Morgan fingerprint density at radius 2 is 1.97 bits per heavy atom. The SMILES string of the molecule is COc1ccc(C(C)(C)NC2CCCC(N(CC(F)(F)F)C(=O)c3cc4c([nH]3)CCC=N4)C2)cc1. The number of fused-ring (bicyclic) bond motifs is 1. The summed E-state index contributed by atoms with van der Waals surface area (Å²) in [6, 6.07) is 8.81. The number of alkyl halides is 3. The van der Waals surface area contributed by atoms with Gasteiger partial charge in [-0.3, -0.25) is 9.79 Å². The van der Waals surface area contributed by atoms with E-state index in [0.29, 0.717) is 24.9 Å². The molecule has 4 rings (SSSR count). The quantitative estimate of drug-likeness (QED) is 0.538. The molecule has 1 aromatic heterocycles. The predicted molar refractivity (Wildman–Crippen MR) is 130 cm³/mol. The van der Waals surface area contributed by atoms with E-state index in [9.17, 15) is 18.0 Å². The summed E-state index contributed by atoms with van der Waals surface area (Å²) in [4.78, 5) is 21.6. The first-order valence-corrected chi connectivity index (χ1v) is 12.1. The van der Waals surface area contributed by atoms with E-state index in [1.807, 2.05) is 24.3 Å². The second kappa shape index (κ2) is 10.0. The Hall–Kier alpha value is -2.81. The number of ether oxygens (including phenoxy) is 1. The molecule has 1 aliphatic heterocycles. The molecular weight excluding hydrogens is 457 g/mol. The van der Waals surface area contributed by atoms with Crippen LogP contribution in [0.5, 0.6) is 5.75 Å². The topological polar surface area (TPSA) is 69.7 Å². The average Bonchev–Trinajstić information content (AvgIpc) is 3.26. The van der Waals surface area contributed by atoms with E-state index in [0.717, 1.165) is 41.2 Å². The molecule has 0 saturated heterocycles. The van der Waals surface area contributed by atoms with Crippen molar-refractivity contribution in [2.75, 3.05) is 13.7 Å². The number of carbonyl (C=O) groups is 1. The number of H-pyrrole nitrogens is 1. The summed E-state index contributed by atoms with van der Waals surface area (Å²) in [6.07, 6.45) is 1.31. The number of aromatic nitrogens is 1. The molecule has 2 aromatic rings. The van der Waals surface area contributed by atoms with Gasteiger partial charge >= 0.3 is 6.18 Å². The molecule has 1 amide bonds. The predicted octanol–water partition coefficient (Wildman–Crippen LogP) is 5.51. The van der Waals surface area contributed by atoms with E-state index in [-0.39, 0.29) is 11.7 Å². The molecule has 9 heteroatoms. The standard InChI is InChI=1S/C26H33F3N4O2/c1-25(2,17-9-11-20(35-3)12-10-17)32-18-6-4-7-19(14-18)33(16-26(27,28)29)24(34)23-15-22-21(31-23)8-5-13-30-22/h9-13,15,18-19,31-32H,4-8,14,16H2,1-3H3. The number of methoxy groups -OCH3 is 1. The van der Waals surface area contributed by atoms with Crippen LogP contribution in [0.15, 0.2) is 35.3 Å². The van der Waals surface area contributed by atoms with Crippen molar-refractivity contribution in [3.63, 3.8) is 0 Å². The molecule has 2 unspecified atom stereocenters. The molecule has 35 heavy (non-hydrogen) atoms. The number of carbonyl (C=O) groups excluding carboxylic acids is 1. The first-order chi connectivity index (χ1) is 16.6. The molecule has 1 aliphatic carbocycles. The molecule has 1 aromatic carbocycles. The maximum absolute atomic E-state index is 13.6. The fourth-order valence-electron chi connectivity index (χ4n) is 5.17. The number of amides is 1. The molecule has 2 aliphatic rings. The van der Waals surface area contributed by atoms with Gasteiger partial charge < -0.3 is 19.9 Å². The molecule has 1 fully saturated rings. The van der Waals surface area contributed by atoms with Crippen LogP contribution in [-0.2, 0) is 12.0 Å². The van der Waals surface area contributed by atoms with Gasteiger partial charge in [-0.15, -0.1) is 0 Å². The Bertz CT molecular complexity index is 1060. The summed E-state index contributed by atoms with van der Waals surface area (Å²) in [7, 11) is 1.62. The van der Waals surface area contributed by atoms with Crippen LogP contribution in [0, 0.1) is 0 Å². The van der Waals surface area contributed by atoms with Gasteiger partial charge in [0.2, 0.25) is 0 Å². The van der Waals surface area contributed by atoms with Crippen LogP contribution < -0.4 is 10.1 Å². The second-order valence-electron chi connectivity index (χ2n) is 9.96. The highest BCUT2D eigenvalue weighted by Crippen LogP contribution is 2.32. The first kappa shape index (κ1) is 25.3. The summed E-state index contributed by atoms with van der Waals surface area (Å²) in [6.45, 7) is 2.85. The Labute approximate surface area is 204 Å². The molecule has 1 saturated carbocycles. The van der Waals surface area contributed by atoms with Crippen LogP contribution >= 0.6 is 0 Å². The molecule has 0 spiro atoms. The molecule has 0 radical (unpaired) electrons. The normalized spacial score (nSPS) is 20.4. The number of hydrogen-bond donors (Lipinski definition) is 2. The number of hydrogen-bond acceptors (Lipinski definition) is 4. The lowest BCUT2D eigenvalue weighted by Gasteiger charge is -2.41. The Kier molecular flexibility index (Phi) is 7.26. The van der Waals surface area contributed by atoms with Crippen molar-refractivity contribution in [2.24, 2.45) is 4.99 Å². The van der Waals surface area contributed by atoms with Crippen molar-refractivity contribution in [3.05, 3.63) is 47.3 Å². The van der Waals surface area contributed by atoms with E-state index in [1.54, 1.807) is 19.4 Å². The smallest absolute Gasteiger partial charge is 0.406 e. The van der Waals surface area contributed by atoms with Crippen LogP contribution in [0.3, 0.4) is 0 Å². The minimum Gasteiger partial charge on any atom is -0.497 e. The number of aromatic amines is 1. The fourth-order valence-corrected chi connectivity index (χ4v) is 5.17. The third kappa shape index (κ3) is 6.07. The van der Waals surface area contributed by atoms with Gasteiger partial charge in [-0.05, 0) is 76.1 Å². The molecule has 2 heterocycles. The van der Waals surface area contributed by atoms with Gasteiger partial charge in [-0.1, -0.05) is 12.1 Å². The maximum atomic E-state index is 13.6. The van der Waals surface area contributed by atoms with Crippen LogP contribution in [-0.4, -0.2) is 53.9 Å². The summed E-state index contributed by atoms with van der Waals surface area (Å²) in [5, 5.41) is 3.63. The Morgan fingerprint density at radius 1 is 1.23 bits per heavy atom. The molecule has 190 valence electrons. The molecule has 2 atom stereocenters. The lowest BCUT2D eigenvalue weighted by atomic mass is 9.86. The highest BCUT2D eigenvalue weighted by molar-refractivity contribution is 5.94. The van der Waals surface area contributed by atoms with E-state index in [4.69, 9.17) is 4.74 Å². The van der Waals surface area contributed by atoms with E-state index in [1.165, 1.54) is 0 Å². The number of halogens is 3. The van der Waals surface area contributed by atoms with Gasteiger partial charge in [0.25, 0.3) is 5.91 Å². The molecular formula is C26H33F3N4O2. The fraction of sp³-hybridized carbons (Fsp3) is 0.538. The lowest BCUT2D eigenvalue weighted by molar-refractivity contribution is -0.146. The van der Waals surface area contributed by atoms with E-state index >= 15 is 0 Å². The van der Waals surface area contributed by atoms with Gasteiger partial charge in [0, 0.05) is 29.5 Å². The summed E-state index contributed by atoms with van der Waals surface area (Å²) in [5.41, 5.74) is 2.27. The number of nitrogens with zero attached hydrogens (tertiary/aromatic N) is 2. The number of aliphatic imine (C=N–C) groups is 1. The van der Waals surface area contributed by atoms with Crippen molar-refractivity contribution in [2.45, 2.75) is 76.2 Å². The molecule has 0 bridgehead atoms. The third-order valence-corrected chi connectivity index (χ3v) is 6.93. The van der Waals surface area contributed by atoms with Gasteiger partial charge in [0.05, 0.1) is 12.8 Å². The zero-order chi connectivity index (χ0) is 25.2. The van der Waals surface area contributed by atoms with E-state index in [2.05, 4.69) is 29.1 Å². The van der Waals surface area contributed by atoms with Gasteiger partial charge in [-0.25, -0.2) is 0 Å². The summed E-state index contributed by atoms with van der Waals surface area (Å²) >= 11 is 0. The number of rotatable bonds is 7. The molecule has 2 N–H and O–H groups in total. The Morgan fingerprint density at radius 3 is 2.63 bits per heavy atom. The van der Waals surface area contributed by atoms with Crippen LogP contribution in [0.1, 0.15) is 67.7 Å². The highest BCUT2D eigenvalue weighted by atomic mass is 19.4. The highest BCUT2D eigenvalue weighted by Gasteiger charge is 2.40. The average molecular weight is 491 g/mol. The van der Waals surface area contributed by atoms with Crippen molar-refractivity contribution < 1.29 is 22.7 Å². The monoisotopic (exact) mass is 490 g/mol. The van der Waals surface area contributed by atoms with Crippen molar-refractivity contribution in [1.29, 1.82) is 0 Å². The van der Waals surface area contributed by atoms with Crippen molar-refractivity contribution in [3.8, 4) is 5.75 Å². The number of benzene rings is 1. The maximum Gasteiger partial charge on any atom is 0.406 e. The zero-order valence-electron chi connectivity index (χ0n) is 20.4. The number of nitrogens with one attached hydrogen (secondary N) is 2. The minimum atomic E-state index is -4.48. The summed E-state index contributed by atoms with van der Waals surface area (Å²) < 4.78 is 45.9.